The quantitative estimate of drug-likeness (QED) is 0.734. The van der Waals surface area contributed by atoms with Crippen LogP contribution < -0.4 is 14.4 Å². The van der Waals surface area contributed by atoms with E-state index in [0.717, 1.165) is 0 Å². The van der Waals surface area contributed by atoms with Crippen molar-refractivity contribution in [2.24, 2.45) is 0 Å². The summed E-state index contributed by atoms with van der Waals surface area (Å²) in [6.07, 6.45) is 0.258. The van der Waals surface area contributed by atoms with Crippen LogP contribution in [0.2, 0.25) is 0 Å². The van der Waals surface area contributed by atoms with Crippen molar-refractivity contribution < 1.29 is 19.1 Å². The number of Topliss-reactive ketones (excluding diaryl/α,β-unsaturated/α-hetero) is 1. The van der Waals surface area contributed by atoms with Gasteiger partial charge in [0.25, 0.3) is 5.91 Å². The second kappa shape index (κ2) is 4.45. The van der Waals surface area contributed by atoms with E-state index in [4.69, 9.17) is 9.47 Å². The molecule has 1 heterocycles. The van der Waals surface area contributed by atoms with Crippen LogP contribution in [0.4, 0.5) is 5.69 Å². The van der Waals surface area contributed by atoms with Crippen LogP contribution in [0.5, 0.6) is 11.5 Å². The number of anilines is 1. The zero-order valence-corrected chi connectivity index (χ0v) is 9.73. The van der Waals surface area contributed by atoms with Crippen molar-refractivity contribution in [3.63, 3.8) is 0 Å². The highest BCUT2D eigenvalue weighted by atomic mass is 16.5. The molecule has 0 aromatic heterocycles. The Balaban J connectivity index is 2.38. The molecule has 17 heavy (non-hydrogen) atoms. The first-order valence-electron chi connectivity index (χ1n) is 5.24. The smallest absolute Gasteiger partial charge is 0.294 e. The van der Waals surface area contributed by atoms with E-state index in [1.54, 1.807) is 25.3 Å². The molecule has 90 valence electrons. The third-order valence-corrected chi connectivity index (χ3v) is 2.72. The molecule has 0 spiro atoms. The molecule has 1 aliphatic rings. The number of hydrogen-bond acceptors (Lipinski definition) is 4. The first kappa shape index (κ1) is 11.4. The van der Waals surface area contributed by atoms with Crippen LogP contribution in [-0.4, -0.2) is 32.5 Å². The molecule has 0 N–H and O–H groups in total. The molecule has 2 rings (SSSR count). The Hall–Kier alpha value is -2.04. The van der Waals surface area contributed by atoms with E-state index < -0.39 is 5.91 Å². The van der Waals surface area contributed by atoms with Gasteiger partial charge in [-0.15, -0.1) is 0 Å². The number of ketones is 1. The van der Waals surface area contributed by atoms with Gasteiger partial charge in [0.15, 0.2) is 0 Å². The minimum atomic E-state index is -0.478. The Morgan fingerprint density at radius 2 is 1.94 bits per heavy atom. The largest absolute Gasteiger partial charge is 0.497 e. The van der Waals surface area contributed by atoms with Crippen LogP contribution in [-0.2, 0) is 9.59 Å². The lowest BCUT2D eigenvalue weighted by Gasteiger charge is -2.18. The standard InChI is InChI=1S/C12H13NO4/c1-16-8-3-4-9(11(7-8)17-2)13-6-5-10(14)12(13)15/h3-4,7H,5-6H2,1-2H3. The summed E-state index contributed by atoms with van der Waals surface area (Å²) in [7, 11) is 3.07. The maximum absolute atomic E-state index is 11.6. The van der Waals surface area contributed by atoms with Crippen molar-refractivity contribution in [2.75, 3.05) is 25.7 Å². The van der Waals surface area contributed by atoms with Crippen molar-refractivity contribution in [1.29, 1.82) is 0 Å². The van der Waals surface area contributed by atoms with Gasteiger partial charge in [-0.1, -0.05) is 0 Å². The van der Waals surface area contributed by atoms with Gasteiger partial charge >= 0.3 is 0 Å². The SMILES string of the molecule is COc1ccc(N2CCC(=O)C2=O)c(OC)c1. The molecule has 1 saturated heterocycles. The zero-order valence-electron chi connectivity index (χ0n) is 9.73. The third kappa shape index (κ3) is 1.95. The first-order valence-corrected chi connectivity index (χ1v) is 5.24. The van der Waals surface area contributed by atoms with Gasteiger partial charge < -0.3 is 14.4 Å². The van der Waals surface area contributed by atoms with Crippen LogP contribution in [0.15, 0.2) is 18.2 Å². The van der Waals surface area contributed by atoms with E-state index >= 15 is 0 Å². The number of ether oxygens (including phenoxy) is 2. The number of hydrogen-bond donors (Lipinski definition) is 0. The second-order valence-corrected chi connectivity index (χ2v) is 3.67. The maximum atomic E-state index is 11.6. The lowest BCUT2D eigenvalue weighted by atomic mass is 10.2. The number of amides is 1. The fourth-order valence-corrected chi connectivity index (χ4v) is 1.81. The molecule has 0 aliphatic carbocycles. The van der Waals surface area contributed by atoms with Gasteiger partial charge in [0, 0.05) is 19.0 Å². The number of carbonyl (C=O) groups excluding carboxylic acids is 2. The van der Waals surface area contributed by atoms with Gasteiger partial charge in [0.2, 0.25) is 5.78 Å². The van der Waals surface area contributed by atoms with Crippen molar-refractivity contribution >= 4 is 17.4 Å². The number of carbonyl (C=O) groups is 2. The Labute approximate surface area is 98.9 Å². The summed E-state index contributed by atoms with van der Waals surface area (Å²) in [5, 5.41) is 0. The highest BCUT2D eigenvalue weighted by Crippen LogP contribution is 2.33. The fraction of sp³-hybridized carbons (Fsp3) is 0.333. The third-order valence-electron chi connectivity index (χ3n) is 2.72. The second-order valence-electron chi connectivity index (χ2n) is 3.67. The zero-order chi connectivity index (χ0) is 12.4. The Morgan fingerprint density at radius 1 is 1.18 bits per heavy atom. The average molecular weight is 235 g/mol. The molecule has 0 bridgehead atoms. The van der Waals surface area contributed by atoms with Gasteiger partial charge in [-0.3, -0.25) is 9.59 Å². The molecule has 0 unspecified atom stereocenters. The monoisotopic (exact) mass is 235 g/mol. The molecular formula is C12H13NO4. The maximum Gasteiger partial charge on any atom is 0.294 e. The normalized spacial score (nSPS) is 15.3. The molecule has 5 nitrogen and oxygen atoms in total. The van der Waals surface area contributed by atoms with Gasteiger partial charge in [-0.25, -0.2) is 0 Å². The summed E-state index contributed by atoms with van der Waals surface area (Å²) in [5.41, 5.74) is 0.601. The van der Waals surface area contributed by atoms with Crippen molar-refractivity contribution in [2.45, 2.75) is 6.42 Å². The van der Waals surface area contributed by atoms with E-state index in [0.29, 0.717) is 23.7 Å². The lowest BCUT2D eigenvalue weighted by Crippen LogP contribution is -2.27. The van der Waals surface area contributed by atoms with Crippen LogP contribution in [0.25, 0.3) is 0 Å². The topological polar surface area (TPSA) is 55.8 Å². The van der Waals surface area contributed by atoms with Crippen molar-refractivity contribution in [3.05, 3.63) is 18.2 Å². The van der Waals surface area contributed by atoms with E-state index in [1.165, 1.54) is 12.0 Å². The summed E-state index contributed by atoms with van der Waals surface area (Å²) in [6, 6.07) is 5.13. The van der Waals surface area contributed by atoms with E-state index in [2.05, 4.69) is 0 Å². The average Bonchev–Trinajstić information content (AvgIpc) is 2.69. The Kier molecular flexibility index (Phi) is 2.99. The van der Waals surface area contributed by atoms with Crippen LogP contribution in [0, 0.1) is 0 Å². The van der Waals surface area contributed by atoms with Crippen LogP contribution in [0.1, 0.15) is 6.42 Å². The van der Waals surface area contributed by atoms with Crippen molar-refractivity contribution in [3.8, 4) is 11.5 Å². The Bertz CT molecular complexity index is 470. The summed E-state index contributed by atoms with van der Waals surface area (Å²) in [5.74, 6) is 0.326. The number of rotatable bonds is 3. The summed E-state index contributed by atoms with van der Waals surface area (Å²) >= 11 is 0. The minimum absolute atomic E-state index is 0.258. The molecule has 1 aliphatic heterocycles. The van der Waals surface area contributed by atoms with Crippen LogP contribution in [0.3, 0.4) is 0 Å². The van der Waals surface area contributed by atoms with Gasteiger partial charge in [0.1, 0.15) is 11.5 Å². The molecular weight excluding hydrogens is 222 g/mol. The van der Waals surface area contributed by atoms with Gasteiger partial charge in [0.05, 0.1) is 19.9 Å². The molecule has 1 aromatic rings. The van der Waals surface area contributed by atoms with Gasteiger partial charge in [-0.05, 0) is 12.1 Å². The van der Waals surface area contributed by atoms with Gasteiger partial charge in [-0.2, -0.15) is 0 Å². The number of nitrogens with zero attached hydrogens (tertiary/aromatic N) is 1. The molecule has 1 amide bonds. The Morgan fingerprint density at radius 3 is 2.47 bits per heavy atom. The number of benzene rings is 1. The molecule has 5 heteroatoms. The minimum Gasteiger partial charge on any atom is -0.497 e. The first-order chi connectivity index (χ1) is 8.17. The van der Waals surface area contributed by atoms with Crippen molar-refractivity contribution in [1.82, 2.24) is 0 Å². The molecule has 0 atom stereocenters. The van der Waals surface area contributed by atoms with Crippen LogP contribution >= 0.6 is 0 Å². The highest BCUT2D eigenvalue weighted by Gasteiger charge is 2.32. The van der Waals surface area contributed by atoms with E-state index in [-0.39, 0.29) is 12.2 Å². The summed E-state index contributed by atoms with van der Waals surface area (Å²) in [6.45, 7) is 0.403. The predicted molar refractivity (Wildman–Crippen MR) is 61.5 cm³/mol. The lowest BCUT2D eigenvalue weighted by molar-refractivity contribution is -0.133. The molecule has 0 saturated carbocycles. The molecule has 1 aromatic carbocycles. The molecule has 1 fully saturated rings. The summed E-state index contributed by atoms with van der Waals surface area (Å²) in [4.78, 5) is 24.3. The van der Waals surface area contributed by atoms with E-state index in [1.807, 2.05) is 0 Å². The predicted octanol–water partition coefficient (Wildman–Crippen LogP) is 1.01. The summed E-state index contributed by atoms with van der Waals surface area (Å²) < 4.78 is 10.3. The molecule has 0 radical (unpaired) electrons. The van der Waals surface area contributed by atoms with E-state index in [9.17, 15) is 9.59 Å². The number of methoxy groups -OCH3 is 2. The highest BCUT2D eigenvalue weighted by molar-refractivity contribution is 6.43. The fourth-order valence-electron chi connectivity index (χ4n) is 1.81.